The Balaban J connectivity index is 1.61. The molecule has 0 N–H and O–H groups in total. The fourth-order valence-corrected chi connectivity index (χ4v) is 3.71. The number of hydrogen-bond acceptors (Lipinski definition) is 4. The Morgan fingerprint density at radius 2 is 1.92 bits per heavy atom. The minimum atomic E-state index is -0.0216. The lowest BCUT2D eigenvalue weighted by molar-refractivity contribution is 0.0664. The zero-order chi connectivity index (χ0) is 17.9. The van der Waals surface area contributed by atoms with Gasteiger partial charge in [0.1, 0.15) is 0 Å². The molecule has 1 saturated carbocycles. The minimum Gasteiger partial charge on any atom is -0.454 e. The van der Waals surface area contributed by atoms with Crippen LogP contribution in [0.4, 0.5) is 0 Å². The summed E-state index contributed by atoms with van der Waals surface area (Å²) in [6.07, 6.45) is 4.34. The van der Waals surface area contributed by atoms with Crippen molar-refractivity contribution in [3.05, 3.63) is 59.2 Å². The predicted octanol–water partition coefficient (Wildman–Crippen LogP) is 3.87. The first kappa shape index (κ1) is 16.5. The highest BCUT2D eigenvalue weighted by Gasteiger charge is 2.28. The van der Waals surface area contributed by atoms with Crippen molar-refractivity contribution in [1.29, 1.82) is 5.26 Å². The summed E-state index contributed by atoms with van der Waals surface area (Å²) in [4.78, 5) is 15.1. The van der Waals surface area contributed by atoms with Gasteiger partial charge < -0.3 is 14.4 Å². The molecule has 0 saturated heterocycles. The molecule has 5 heteroatoms. The van der Waals surface area contributed by atoms with E-state index in [1.54, 1.807) is 24.3 Å². The molecule has 2 aromatic rings. The molecule has 1 aliphatic heterocycles. The van der Waals surface area contributed by atoms with Gasteiger partial charge in [-0.1, -0.05) is 25.0 Å². The molecule has 1 aliphatic carbocycles. The standard InChI is InChI=1S/C21H20N2O3/c22-12-15-4-3-5-17(10-15)21(24)23(18-6-1-2-7-18)13-16-8-9-19-20(11-16)26-14-25-19/h3-5,8-11,18H,1-2,6-7,13-14H2. The van der Waals surface area contributed by atoms with Crippen LogP contribution in [0.2, 0.25) is 0 Å². The Bertz CT molecular complexity index is 866. The van der Waals surface area contributed by atoms with Crippen LogP contribution in [-0.4, -0.2) is 23.6 Å². The minimum absolute atomic E-state index is 0.0216. The number of benzene rings is 2. The van der Waals surface area contributed by atoms with E-state index in [1.807, 2.05) is 23.1 Å². The van der Waals surface area contributed by atoms with E-state index in [9.17, 15) is 4.79 Å². The molecule has 2 aliphatic rings. The van der Waals surface area contributed by atoms with E-state index in [2.05, 4.69) is 6.07 Å². The fourth-order valence-electron chi connectivity index (χ4n) is 3.71. The molecule has 0 atom stereocenters. The number of carbonyl (C=O) groups excluding carboxylic acids is 1. The van der Waals surface area contributed by atoms with Crippen molar-refractivity contribution in [3.63, 3.8) is 0 Å². The van der Waals surface area contributed by atoms with Gasteiger partial charge in [-0.25, -0.2) is 0 Å². The third-order valence-electron chi connectivity index (χ3n) is 5.05. The summed E-state index contributed by atoms with van der Waals surface area (Å²) in [6, 6.07) is 15.1. The van der Waals surface area contributed by atoms with Crippen LogP contribution in [0.15, 0.2) is 42.5 Å². The van der Waals surface area contributed by atoms with Crippen molar-refractivity contribution in [2.45, 2.75) is 38.3 Å². The average molecular weight is 348 g/mol. The van der Waals surface area contributed by atoms with Gasteiger partial charge in [-0.2, -0.15) is 5.26 Å². The molecule has 0 radical (unpaired) electrons. The third kappa shape index (κ3) is 3.23. The van der Waals surface area contributed by atoms with E-state index in [1.165, 1.54) is 0 Å². The number of nitrogens with zero attached hydrogens (tertiary/aromatic N) is 2. The molecule has 0 aromatic heterocycles. The van der Waals surface area contributed by atoms with E-state index in [0.717, 1.165) is 42.7 Å². The Morgan fingerprint density at radius 1 is 1.12 bits per heavy atom. The smallest absolute Gasteiger partial charge is 0.254 e. The van der Waals surface area contributed by atoms with Crippen LogP contribution in [0, 0.1) is 11.3 Å². The maximum atomic E-state index is 13.2. The van der Waals surface area contributed by atoms with Crippen molar-refractivity contribution in [2.75, 3.05) is 6.79 Å². The highest BCUT2D eigenvalue weighted by Crippen LogP contribution is 2.34. The first-order chi connectivity index (χ1) is 12.7. The summed E-state index contributed by atoms with van der Waals surface area (Å²) >= 11 is 0. The second-order valence-electron chi connectivity index (χ2n) is 6.75. The Hall–Kier alpha value is -3.00. The van der Waals surface area contributed by atoms with Gasteiger partial charge in [-0.15, -0.1) is 0 Å². The molecule has 4 rings (SSSR count). The number of hydrogen-bond donors (Lipinski definition) is 0. The number of amides is 1. The van der Waals surface area contributed by atoms with Gasteiger partial charge in [-0.05, 0) is 48.7 Å². The van der Waals surface area contributed by atoms with E-state index < -0.39 is 0 Å². The van der Waals surface area contributed by atoms with Crippen LogP contribution < -0.4 is 9.47 Å². The Kier molecular flexibility index (Phi) is 4.49. The topological polar surface area (TPSA) is 62.6 Å². The van der Waals surface area contributed by atoms with Gasteiger partial charge in [0.25, 0.3) is 5.91 Å². The summed E-state index contributed by atoms with van der Waals surface area (Å²) in [7, 11) is 0. The van der Waals surface area contributed by atoms with Crippen LogP contribution in [-0.2, 0) is 6.54 Å². The van der Waals surface area contributed by atoms with Crippen molar-refractivity contribution < 1.29 is 14.3 Å². The van der Waals surface area contributed by atoms with Gasteiger partial charge >= 0.3 is 0 Å². The average Bonchev–Trinajstić information content (AvgIpc) is 3.37. The van der Waals surface area contributed by atoms with Gasteiger partial charge in [0.05, 0.1) is 11.6 Å². The molecule has 0 unspecified atom stereocenters. The molecular weight excluding hydrogens is 328 g/mol. The Morgan fingerprint density at radius 3 is 2.73 bits per heavy atom. The summed E-state index contributed by atoms with van der Waals surface area (Å²) in [5.74, 6) is 1.45. The zero-order valence-corrected chi connectivity index (χ0v) is 14.5. The van der Waals surface area contributed by atoms with Crippen LogP contribution in [0.1, 0.15) is 47.2 Å². The molecule has 2 aromatic carbocycles. The maximum Gasteiger partial charge on any atom is 0.254 e. The van der Waals surface area contributed by atoms with Crippen LogP contribution in [0.25, 0.3) is 0 Å². The normalized spacial score (nSPS) is 15.7. The van der Waals surface area contributed by atoms with Gasteiger partial charge in [0.2, 0.25) is 6.79 Å². The van der Waals surface area contributed by atoms with Crippen molar-refractivity contribution in [2.24, 2.45) is 0 Å². The first-order valence-electron chi connectivity index (χ1n) is 8.94. The molecule has 26 heavy (non-hydrogen) atoms. The maximum absolute atomic E-state index is 13.2. The molecule has 0 bridgehead atoms. The number of carbonyl (C=O) groups is 1. The largest absolute Gasteiger partial charge is 0.454 e. The van der Waals surface area contributed by atoms with Crippen molar-refractivity contribution in [3.8, 4) is 17.6 Å². The van der Waals surface area contributed by atoms with Gasteiger partial charge in [0.15, 0.2) is 11.5 Å². The summed E-state index contributed by atoms with van der Waals surface area (Å²) in [5.41, 5.74) is 2.09. The molecule has 132 valence electrons. The first-order valence-corrected chi connectivity index (χ1v) is 8.94. The van der Waals surface area contributed by atoms with E-state index in [-0.39, 0.29) is 18.7 Å². The monoisotopic (exact) mass is 348 g/mol. The van der Waals surface area contributed by atoms with Crippen molar-refractivity contribution >= 4 is 5.91 Å². The van der Waals surface area contributed by atoms with Crippen molar-refractivity contribution in [1.82, 2.24) is 4.90 Å². The fraction of sp³-hybridized carbons (Fsp3) is 0.333. The van der Waals surface area contributed by atoms with E-state index >= 15 is 0 Å². The number of fused-ring (bicyclic) bond motifs is 1. The lowest BCUT2D eigenvalue weighted by Crippen LogP contribution is -2.38. The van der Waals surface area contributed by atoms with Gasteiger partial charge in [-0.3, -0.25) is 4.79 Å². The van der Waals surface area contributed by atoms with Gasteiger partial charge in [0, 0.05) is 18.2 Å². The lowest BCUT2D eigenvalue weighted by atomic mass is 10.1. The molecule has 0 spiro atoms. The highest BCUT2D eigenvalue weighted by molar-refractivity contribution is 5.94. The molecule has 1 fully saturated rings. The molecular formula is C21H20N2O3. The number of nitriles is 1. The van der Waals surface area contributed by atoms with E-state index in [0.29, 0.717) is 17.7 Å². The summed E-state index contributed by atoms with van der Waals surface area (Å²) < 4.78 is 10.8. The highest BCUT2D eigenvalue weighted by atomic mass is 16.7. The second-order valence-corrected chi connectivity index (χ2v) is 6.75. The molecule has 5 nitrogen and oxygen atoms in total. The van der Waals surface area contributed by atoms with E-state index in [4.69, 9.17) is 14.7 Å². The number of ether oxygens (including phenoxy) is 2. The van der Waals surface area contributed by atoms with Crippen LogP contribution in [0.3, 0.4) is 0 Å². The lowest BCUT2D eigenvalue weighted by Gasteiger charge is -2.29. The third-order valence-corrected chi connectivity index (χ3v) is 5.05. The second kappa shape index (κ2) is 7.09. The Labute approximate surface area is 152 Å². The molecule has 1 heterocycles. The number of rotatable bonds is 4. The zero-order valence-electron chi connectivity index (χ0n) is 14.5. The summed E-state index contributed by atoms with van der Waals surface area (Å²) in [6.45, 7) is 0.766. The van der Waals surface area contributed by atoms with Crippen LogP contribution >= 0.6 is 0 Å². The summed E-state index contributed by atoms with van der Waals surface area (Å²) in [5, 5.41) is 9.12. The predicted molar refractivity (Wildman–Crippen MR) is 95.9 cm³/mol. The molecule has 1 amide bonds. The van der Waals surface area contributed by atoms with Crippen LogP contribution in [0.5, 0.6) is 11.5 Å². The quantitative estimate of drug-likeness (QED) is 0.841. The SMILES string of the molecule is N#Cc1cccc(C(=O)N(Cc2ccc3c(c2)OCO3)C2CCCC2)c1.